The zero-order chi connectivity index (χ0) is 10.7. The zero-order valence-corrected chi connectivity index (χ0v) is 7.99. The van der Waals surface area contributed by atoms with E-state index in [0.717, 1.165) is 12.1 Å². The lowest BCUT2D eigenvalue weighted by Crippen LogP contribution is -2.14. The third-order valence-corrected chi connectivity index (χ3v) is 2.25. The molecular weight excluding hydrogens is 215 g/mol. The van der Waals surface area contributed by atoms with Gasteiger partial charge in [-0.05, 0) is 18.6 Å². The predicted octanol–water partition coefficient (Wildman–Crippen LogP) is 2.98. The maximum absolute atomic E-state index is 13.2. The van der Waals surface area contributed by atoms with Gasteiger partial charge in [0, 0.05) is 11.6 Å². The third kappa shape index (κ3) is 2.19. The summed E-state index contributed by atoms with van der Waals surface area (Å²) in [6, 6.07) is 0.918. The van der Waals surface area contributed by atoms with E-state index in [-0.39, 0.29) is 17.0 Å². The fraction of sp³-hybridized carbons (Fsp3) is 0.333. The van der Waals surface area contributed by atoms with E-state index in [1.165, 1.54) is 0 Å². The number of halogens is 4. The predicted molar refractivity (Wildman–Crippen MR) is 48.9 cm³/mol. The van der Waals surface area contributed by atoms with Gasteiger partial charge in [-0.15, -0.1) is 0 Å². The molecule has 14 heavy (non-hydrogen) atoms. The van der Waals surface area contributed by atoms with E-state index < -0.39 is 24.4 Å². The highest BCUT2D eigenvalue weighted by Crippen LogP contribution is 2.28. The van der Waals surface area contributed by atoms with Gasteiger partial charge < -0.3 is 5.73 Å². The minimum Gasteiger partial charge on any atom is -0.324 e. The normalized spacial score (nSPS) is 12.9. The first-order chi connectivity index (χ1) is 6.57. The Hall–Kier alpha value is -0.740. The van der Waals surface area contributed by atoms with Gasteiger partial charge in [0.05, 0.1) is 11.7 Å². The number of rotatable bonds is 3. The number of hydrogen-bond acceptors (Lipinski definition) is 1. The lowest BCUT2D eigenvalue weighted by atomic mass is 10.0. The quantitative estimate of drug-likeness (QED) is 0.784. The van der Waals surface area contributed by atoms with Crippen LogP contribution in [0.5, 0.6) is 0 Å². The summed E-state index contributed by atoms with van der Waals surface area (Å²) in [4.78, 5) is 0. The van der Waals surface area contributed by atoms with Crippen molar-refractivity contribution in [2.45, 2.75) is 12.5 Å². The molecule has 0 unspecified atom stereocenters. The lowest BCUT2D eigenvalue weighted by molar-refractivity contribution is 0.434. The summed E-state index contributed by atoms with van der Waals surface area (Å²) in [6.07, 6.45) is -0.0832. The summed E-state index contributed by atoms with van der Waals surface area (Å²) in [5, 5.41) is -0.369. The minimum atomic E-state index is -0.914. The van der Waals surface area contributed by atoms with Crippen molar-refractivity contribution in [2.75, 3.05) is 6.67 Å². The van der Waals surface area contributed by atoms with E-state index in [4.69, 9.17) is 17.3 Å². The van der Waals surface area contributed by atoms with Crippen molar-refractivity contribution < 1.29 is 13.2 Å². The second-order valence-electron chi connectivity index (χ2n) is 2.84. The summed E-state index contributed by atoms with van der Waals surface area (Å²) >= 11 is 5.51. The Morgan fingerprint density at radius 3 is 2.43 bits per heavy atom. The average Bonchev–Trinajstić information content (AvgIpc) is 2.13. The Kier molecular flexibility index (Phi) is 3.77. The summed E-state index contributed by atoms with van der Waals surface area (Å²) < 4.78 is 38.0. The highest BCUT2D eigenvalue weighted by atomic mass is 35.5. The standard InChI is InChI=1S/C9H9ClF3N/c10-9-6(13)2-1-5(12)8(9)7(14)3-4-11/h1-2,7H,3-4,14H2/t7-/m1/s1. The first-order valence-corrected chi connectivity index (χ1v) is 4.40. The van der Waals surface area contributed by atoms with Crippen molar-refractivity contribution >= 4 is 11.6 Å². The monoisotopic (exact) mass is 223 g/mol. The van der Waals surface area contributed by atoms with Crippen LogP contribution in [-0.4, -0.2) is 6.67 Å². The van der Waals surface area contributed by atoms with Gasteiger partial charge in [-0.25, -0.2) is 8.78 Å². The average molecular weight is 224 g/mol. The SMILES string of the molecule is N[C@H](CCF)c1c(F)ccc(F)c1Cl. The van der Waals surface area contributed by atoms with Crippen LogP contribution in [0.25, 0.3) is 0 Å². The molecule has 0 fully saturated rings. The van der Waals surface area contributed by atoms with E-state index in [0.29, 0.717) is 0 Å². The smallest absolute Gasteiger partial charge is 0.142 e. The maximum Gasteiger partial charge on any atom is 0.142 e. The molecule has 5 heteroatoms. The second-order valence-corrected chi connectivity index (χ2v) is 3.22. The molecule has 0 saturated heterocycles. The molecule has 0 aliphatic heterocycles. The summed E-state index contributed by atoms with van der Waals surface area (Å²) in [7, 11) is 0. The van der Waals surface area contributed by atoms with E-state index in [9.17, 15) is 13.2 Å². The number of hydrogen-bond donors (Lipinski definition) is 1. The molecule has 1 aromatic carbocycles. The minimum absolute atomic E-state index is 0.0832. The van der Waals surface area contributed by atoms with Gasteiger partial charge in [0.15, 0.2) is 0 Å². The first kappa shape index (κ1) is 11.3. The van der Waals surface area contributed by atoms with Crippen molar-refractivity contribution in [3.8, 4) is 0 Å². The van der Waals surface area contributed by atoms with Crippen LogP contribution in [0.1, 0.15) is 18.0 Å². The molecule has 0 spiro atoms. The first-order valence-electron chi connectivity index (χ1n) is 4.03. The second kappa shape index (κ2) is 4.66. The van der Waals surface area contributed by atoms with Crippen molar-refractivity contribution in [1.82, 2.24) is 0 Å². The molecule has 0 saturated carbocycles. The lowest BCUT2D eigenvalue weighted by Gasteiger charge is -2.13. The molecule has 0 heterocycles. The molecule has 0 amide bonds. The molecule has 0 aliphatic rings. The van der Waals surface area contributed by atoms with Crippen LogP contribution in [0.15, 0.2) is 12.1 Å². The van der Waals surface area contributed by atoms with Gasteiger partial charge in [0.2, 0.25) is 0 Å². The summed E-state index contributed by atoms with van der Waals surface area (Å²) in [5.74, 6) is -1.46. The van der Waals surface area contributed by atoms with Crippen LogP contribution < -0.4 is 5.73 Å². The van der Waals surface area contributed by atoms with Crippen molar-refractivity contribution in [3.63, 3.8) is 0 Å². The highest BCUT2D eigenvalue weighted by molar-refractivity contribution is 6.31. The van der Waals surface area contributed by atoms with Crippen LogP contribution >= 0.6 is 11.6 Å². The van der Waals surface area contributed by atoms with E-state index in [2.05, 4.69) is 0 Å². The van der Waals surface area contributed by atoms with Gasteiger partial charge in [-0.3, -0.25) is 4.39 Å². The maximum atomic E-state index is 13.2. The molecule has 1 aromatic rings. The largest absolute Gasteiger partial charge is 0.324 e. The topological polar surface area (TPSA) is 26.0 Å². The van der Waals surface area contributed by atoms with Crippen molar-refractivity contribution in [1.29, 1.82) is 0 Å². The molecule has 0 aliphatic carbocycles. The zero-order valence-electron chi connectivity index (χ0n) is 7.24. The Morgan fingerprint density at radius 1 is 1.29 bits per heavy atom. The van der Waals surface area contributed by atoms with Crippen molar-refractivity contribution in [3.05, 3.63) is 34.4 Å². The van der Waals surface area contributed by atoms with Gasteiger partial charge in [-0.2, -0.15) is 0 Å². The summed E-state index contributed by atoms with van der Waals surface area (Å²) in [5.41, 5.74) is 5.28. The van der Waals surface area contributed by atoms with Crippen LogP contribution in [0.4, 0.5) is 13.2 Å². The molecule has 1 rings (SSSR count). The Labute approximate surface area is 84.7 Å². The molecular formula is C9H9ClF3N. The molecule has 1 atom stereocenters. The highest BCUT2D eigenvalue weighted by Gasteiger charge is 2.18. The van der Waals surface area contributed by atoms with Gasteiger partial charge in [0.25, 0.3) is 0 Å². The summed E-state index contributed by atoms with van der Waals surface area (Å²) in [6.45, 7) is -0.701. The van der Waals surface area contributed by atoms with Crippen LogP contribution in [-0.2, 0) is 0 Å². The Balaban J connectivity index is 3.11. The molecule has 2 N–H and O–H groups in total. The number of benzene rings is 1. The van der Waals surface area contributed by atoms with E-state index >= 15 is 0 Å². The van der Waals surface area contributed by atoms with Gasteiger partial charge in [0.1, 0.15) is 11.6 Å². The molecule has 1 nitrogen and oxygen atoms in total. The molecule has 78 valence electrons. The number of alkyl halides is 1. The fourth-order valence-corrected chi connectivity index (χ4v) is 1.44. The third-order valence-electron chi connectivity index (χ3n) is 1.87. The van der Waals surface area contributed by atoms with Gasteiger partial charge in [-0.1, -0.05) is 11.6 Å². The van der Waals surface area contributed by atoms with E-state index in [1.54, 1.807) is 0 Å². The number of nitrogens with two attached hydrogens (primary N) is 1. The van der Waals surface area contributed by atoms with Crippen LogP contribution in [0.2, 0.25) is 5.02 Å². The molecule has 0 bridgehead atoms. The fourth-order valence-electron chi connectivity index (χ4n) is 1.14. The molecule has 0 radical (unpaired) electrons. The van der Waals surface area contributed by atoms with Gasteiger partial charge >= 0.3 is 0 Å². The van der Waals surface area contributed by atoms with Crippen molar-refractivity contribution in [2.24, 2.45) is 5.73 Å². The van der Waals surface area contributed by atoms with E-state index in [1.807, 2.05) is 0 Å². The van der Waals surface area contributed by atoms with Crippen LogP contribution in [0, 0.1) is 11.6 Å². The molecule has 0 aromatic heterocycles. The Morgan fingerprint density at radius 2 is 1.86 bits per heavy atom. The Bertz CT molecular complexity index is 330. The van der Waals surface area contributed by atoms with Crippen LogP contribution in [0.3, 0.4) is 0 Å².